The van der Waals surface area contributed by atoms with E-state index >= 15 is 0 Å². The van der Waals surface area contributed by atoms with Crippen LogP contribution in [0.25, 0.3) is 0 Å². The molecule has 1 spiro atoms. The van der Waals surface area contributed by atoms with Crippen LogP contribution < -0.4 is 15.2 Å². The molecule has 0 bridgehead atoms. The standard InChI is InChI=1S/C17H14BrFN2O3/c1-22-10-7-12-15(13(19)8-10)23-14-3-2-9(18)6-11(14)17(12)4-5-21-16(20)24-17/h2-3,6-8H,4-5H2,1H3,(H2,20,21)/t17-/m1/s1. The van der Waals surface area contributed by atoms with Gasteiger partial charge in [-0.15, -0.1) is 0 Å². The summed E-state index contributed by atoms with van der Waals surface area (Å²) in [5, 5.41) is 0. The highest BCUT2D eigenvalue weighted by molar-refractivity contribution is 9.10. The largest absolute Gasteiger partial charge is 0.497 e. The van der Waals surface area contributed by atoms with Crippen LogP contribution in [0.1, 0.15) is 17.5 Å². The summed E-state index contributed by atoms with van der Waals surface area (Å²) in [6.07, 6.45) is 0.514. The fourth-order valence-corrected chi connectivity index (χ4v) is 3.58. The molecule has 5 nitrogen and oxygen atoms in total. The van der Waals surface area contributed by atoms with Crippen molar-refractivity contribution in [2.45, 2.75) is 12.0 Å². The van der Waals surface area contributed by atoms with Gasteiger partial charge >= 0.3 is 0 Å². The molecule has 124 valence electrons. The zero-order valence-electron chi connectivity index (χ0n) is 12.8. The van der Waals surface area contributed by atoms with Crippen molar-refractivity contribution < 1.29 is 18.6 Å². The van der Waals surface area contributed by atoms with Gasteiger partial charge in [0, 0.05) is 34.6 Å². The number of methoxy groups -OCH3 is 1. The maximum atomic E-state index is 14.6. The fourth-order valence-electron chi connectivity index (χ4n) is 3.22. The van der Waals surface area contributed by atoms with Crippen LogP contribution in [0, 0.1) is 5.82 Å². The third-order valence-electron chi connectivity index (χ3n) is 4.29. The Morgan fingerprint density at radius 3 is 2.88 bits per heavy atom. The number of hydrogen-bond donors (Lipinski definition) is 1. The van der Waals surface area contributed by atoms with Crippen molar-refractivity contribution >= 4 is 22.0 Å². The smallest absolute Gasteiger partial charge is 0.283 e. The van der Waals surface area contributed by atoms with Crippen LogP contribution in [0.5, 0.6) is 17.2 Å². The monoisotopic (exact) mass is 392 g/mol. The Labute approximate surface area is 146 Å². The highest BCUT2D eigenvalue weighted by Crippen LogP contribution is 2.53. The third-order valence-corrected chi connectivity index (χ3v) is 4.78. The highest BCUT2D eigenvalue weighted by atomic mass is 79.9. The van der Waals surface area contributed by atoms with Gasteiger partial charge in [-0.2, -0.15) is 0 Å². The molecule has 0 saturated carbocycles. The van der Waals surface area contributed by atoms with Gasteiger partial charge in [0.25, 0.3) is 6.02 Å². The molecule has 2 N–H and O–H groups in total. The van der Waals surface area contributed by atoms with Crippen molar-refractivity contribution in [3.8, 4) is 17.2 Å². The van der Waals surface area contributed by atoms with E-state index in [0.717, 1.165) is 10.0 Å². The number of fused-ring (bicyclic) bond motifs is 4. The Balaban J connectivity index is 2.03. The normalized spacial score (nSPS) is 21.2. The Kier molecular flexibility index (Phi) is 3.42. The van der Waals surface area contributed by atoms with Gasteiger partial charge in [-0.25, -0.2) is 9.38 Å². The molecule has 2 aromatic carbocycles. The molecule has 0 aliphatic carbocycles. The van der Waals surface area contributed by atoms with Gasteiger partial charge in [0.1, 0.15) is 11.5 Å². The molecular formula is C17H14BrFN2O3. The van der Waals surface area contributed by atoms with Crippen molar-refractivity contribution in [1.29, 1.82) is 0 Å². The number of aliphatic imine (C=N–C) groups is 1. The summed E-state index contributed by atoms with van der Waals surface area (Å²) < 4.78 is 32.5. The molecule has 7 heteroatoms. The van der Waals surface area contributed by atoms with Crippen LogP contribution in [0.4, 0.5) is 4.39 Å². The minimum absolute atomic E-state index is 0.0725. The van der Waals surface area contributed by atoms with Gasteiger partial charge in [-0.3, -0.25) is 0 Å². The van der Waals surface area contributed by atoms with E-state index in [1.807, 2.05) is 12.1 Å². The molecule has 2 aromatic rings. The summed E-state index contributed by atoms with van der Waals surface area (Å²) in [6.45, 7) is 0.468. The number of nitrogens with zero attached hydrogens (tertiary/aromatic N) is 1. The number of amidine groups is 1. The number of rotatable bonds is 1. The zero-order valence-corrected chi connectivity index (χ0v) is 14.4. The SMILES string of the molecule is COc1cc(F)c2c(c1)[C@@]1(CCN=C(N)O1)c1cc(Br)ccc1O2. The lowest BCUT2D eigenvalue weighted by atomic mass is 9.80. The first-order chi connectivity index (χ1) is 11.5. The summed E-state index contributed by atoms with van der Waals surface area (Å²) in [7, 11) is 1.49. The molecule has 0 saturated heterocycles. The van der Waals surface area contributed by atoms with Gasteiger partial charge < -0.3 is 19.9 Å². The molecule has 0 aromatic heterocycles. The Hall–Kier alpha value is -2.28. The molecule has 0 fully saturated rings. The van der Waals surface area contributed by atoms with Crippen LogP contribution in [0.2, 0.25) is 0 Å². The number of halogens is 2. The van der Waals surface area contributed by atoms with Gasteiger partial charge in [0.05, 0.1) is 7.11 Å². The highest BCUT2D eigenvalue weighted by Gasteiger charge is 2.47. The van der Waals surface area contributed by atoms with E-state index in [2.05, 4.69) is 20.9 Å². The maximum absolute atomic E-state index is 14.6. The summed E-state index contributed by atoms with van der Waals surface area (Å²) in [4.78, 5) is 4.11. The van der Waals surface area contributed by atoms with Crippen molar-refractivity contribution in [2.24, 2.45) is 10.7 Å². The minimum atomic E-state index is -0.964. The minimum Gasteiger partial charge on any atom is -0.497 e. The van der Waals surface area contributed by atoms with Crippen LogP contribution in [0.3, 0.4) is 0 Å². The second kappa shape index (κ2) is 5.37. The molecule has 24 heavy (non-hydrogen) atoms. The summed E-state index contributed by atoms with van der Waals surface area (Å²) in [5.74, 6) is 0.532. The first-order valence-corrected chi connectivity index (χ1v) is 8.17. The number of nitrogens with two attached hydrogens (primary N) is 1. The van der Waals surface area contributed by atoms with E-state index in [1.165, 1.54) is 13.2 Å². The van der Waals surface area contributed by atoms with Gasteiger partial charge in [0.15, 0.2) is 17.2 Å². The van der Waals surface area contributed by atoms with Crippen molar-refractivity contribution in [1.82, 2.24) is 0 Å². The predicted molar refractivity (Wildman–Crippen MR) is 90.1 cm³/mol. The number of benzene rings is 2. The molecule has 2 aliphatic rings. The van der Waals surface area contributed by atoms with Gasteiger partial charge in [-0.05, 0) is 24.3 Å². The van der Waals surface area contributed by atoms with E-state index in [1.54, 1.807) is 12.1 Å². The number of hydrogen-bond acceptors (Lipinski definition) is 5. The first-order valence-electron chi connectivity index (χ1n) is 7.38. The van der Waals surface area contributed by atoms with Gasteiger partial charge in [-0.1, -0.05) is 15.9 Å². The molecule has 2 heterocycles. The van der Waals surface area contributed by atoms with Crippen molar-refractivity contribution in [2.75, 3.05) is 13.7 Å². The lowest BCUT2D eigenvalue weighted by Gasteiger charge is -2.41. The molecule has 1 atom stereocenters. The second-order valence-corrected chi connectivity index (χ2v) is 6.54. The molecule has 0 radical (unpaired) electrons. The average molecular weight is 393 g/mol. The molecule has 2 aliphatic heterocycles. The Bertz CT molecular complexity index is 871. The maximum Gasteiger partial charge on any atom is 0.283 e. The van der Waals surface area contributed by atoms with E-state index in [-0.39, 0.29) is 11.8 Å². The summed E-state index contributed by atoms with van der Waals surface area (Å²) in [5.41, 5.74) is 6.20. The van der Waals surface area contributed by atoms with Crippen LogP contribution in [-0.2, 0) is 10.3 Å². The van der Waals surface area contributed by atoms with Crippen molar-refractivity contribution in [3.05, 3.63) is 51.7 Å². The first kappa shape index (κ1) is 15.3. The lowest BCUT2D eigenvalue weighted by Crippen LogP contribution is -2.42. The quantitative estimate of drug-likeness (QED) is 0.803. The zero-order chi connectivity index (χ0) is 16.9. The van der Waals surface area contributed by atoms with Crippen LogP contribution in [0.15, 0.2) is 39.8 Å². The predicted octanol–water partition coefficient (Wildman–Crippen LogP) is 3.68. The molecular weight excluding hydrogens is 379 g/mol. The second-order valence-electron chi connectivity index (χ2n) is 5.63. The molecule has 0 amide bonds. The van der Waals surface area contributed by atoms with Crippen LogP contribution >= 0.6 is 15.9 Å². The molecule has 0 unspecified atom stereocenters. The van der Waals surface area contributed by atoms with E-state index in [0.29, 0.717) is 30.0 Å². The summed E-state index contributed by atoms with van der Waals surface area (Å²) >= 11 is 3.47. The number of ether oxygens (including phenoxy) is 3. The fraction of sp³-hybridized carbons (Fsp3) is 0.235. The topological polar surface area (TPSA) is 66.1 Å². The van der Waals surface area contributed by atoms with Gasteiger partial charge in [0.2, 0.25) is 0 Å². The van der Waals surface area contributed by atoms with Crippen LogP contribution in [-0.4, -0.2) is 19.7 Å². The molecule has 4 rings (SSSR count). The Morgan fingerprint density at radius 1 is 1.29 bits per heavy atom. The Morgan fingerprint density at radius 2 is 2.12 bits per heavy atom. The van der Waals surface area contributed by atoms with E-state index in [9.17, 15) is 4.39 Å². The van der Waals surface area contributed by atoms with Crippen molar-refractivity contribution in [3.63, 3.8) is 0 Å². The average Bonchev–Trinajstić information content (AvgIpc) is 2.56. The van der Waals surface area contributed by atoms with E-state index < -0.39 is 11.4 Å². The summed E-state index contributed by atoms with van der Waals surface area (Å²) in [6, 6.07) is 8.59. The third kappa shape index (κ3) is 2.15. The van der Waals surface area contributed by atoms with E-state index in [4.69, 9.17) is 19.9 Å². The lowest BCUT2D eigenvalue weighted by molar-refractivity contribution is 0.0623.